The summed E-state index contributed by atoms with van der Waals surface area (Å²) in [5, 5.41) is 4.04. The van der Waals surface area contributed by atoms with Crippen molar-refractivity contribution in [2.75, 3.05) is 6.54 Å². The molecule has 3 aromatic carbocycles. The summed E-state index contributed by atoms with van der Waals surface area (Å²) in [4.78, 5) is 16.0. The summed E-state index contributed by atoms with van der Waals surface area (Å²) in [7, 11) is 0. The van der Waals surface area contributed by atoms with Crippen molar-refractivity contribution >= 4 is 16.8 Å². The maximum Gasteiger partial charge on any atom is 0.416 e. The van der Waals surface area contributed by atoms with E-state index in [1.54, 1.807) is 24.3 Å². The van der Waals surface area contributed by atoms with Crippen molar-refractivity contribution in [3.63, 3.8) is 0 Å². The minimum atomic E-state index is -4.39. The number of aromatic amines is 1. The first kappa shape index (κ1) is 19.8. The fraction of sp³-hybridized carbons (Fsp3) is 0.125. The second kappa shape index (κ2) is 8.06. The van der Waals surface area contributed by atoms with Crippen LogP contribution < -0.4 is 5.32 Å². The second-order valence-corrected chi connectivity index (χ2v) is 6.99. The van der Waals surface area contributed by atoms with E-state index in [4.69, 9.17) is 0 Å². The highest BCUT2D eigenvalue weighted by Crippen LogP contribution is 2.31. The van der Waals surface area contributed by atoms with Crippen LogP contribution in [0.3, 0.4) is 0 Å². The first-order valence-corrected chi connectivity index (χ1v) is 9.53. The normalized spacial score (nSPS) is 11.6. The Labute approximate surface area is 171 Å². The number of carbonyl (C=O) groups is 1. The van der Waals surface area contributed by atoms with Gasteiger partial charge in [0.15, 0.2) is 0 Å². The number of hydrogen-bond donors (Lipinski definition) is 2. The first-order valence-electron chi connectivity index (χ1n) is 9.53. The van der Waals surface area contributed by atoms with Gasteiger partial charge in [0, 0.05) is 29.2 Å². The van der Waals surface area contributed by atoms with Gasteiger partial charge in [0.05, 0.1) is 5.56 Å². The third-order valence-corrected chi connectivity index (χ3v) is 5.05. The fourth-order valence-corrected chi connectivity index (χ4v) is 3.52. The zero-order valence-corrected chi connectivity index (χ0v) is 16.0. The number of hydrogen-bond acceptors (Lipinski definition) is 1. The van der Waals surface area contributed by atoms with E-state index in [0.717, 1.165) is 28.6 Å². The summed E-state index contributed by atoms with van der Waals surface area (Å²) in [6.45, 7) is 0.446. The van der Waals surface area contributed by atoms with Gasteiger partial charge in [-0.25, -0.2) is 0 Å². The molecule has 30 heavy (non-hydrogen) atoms. The number of halogens is 3. The van der Waals surface area contributed by atoms with Crippen LogP contribution in [0.2, 0.25) is 0 Å². The van der Waals surface area contributed by atoms with Gasteiger partial charge in [-0.05, 0) is 47.4 Å². The molecule has 2 N–H and O–H groups in total. The first-order chi connectivity index (χ1) is 14.4. The van der Waals surface area contributed by atoms with Gasteiger partial charge in [0.25, 0.3) is 5.91 Å². The number of para-hydroxylation sites is 1. The van der Waals surface area contributed by atoms with Crippen molar-refractivity contribution in [1.29, 1.82) is 0 Å². The largest absolute Gasteiger partial charge is 0.416 e. The molecule has 0 aliphatic heterocycles. The Morgan fingerprint density at radius 1 is 0.900 bits per heavy atom. The number of alkyl halides is 3. The van der Waals surface area contributed by atoms with E-state index < -0.39 is 11.7 Å². The molecule has 0 bridgehead atoms. The van der Waals surface area contributed by atoms with E-state index in [1.165, 1.54) is 12.1 Å². The molecule has 152 valence electrons. The van der Waals surface area contributed by atoms with E-state index in [0.29, 0.717) is 29.7 Å². The summed E-state index contributed by atoms with van der Waals surface area (Å²) in [5.41, 5.74) is 3.03. The van der Waals surface area contributed by atoms with Crippen molar-refractivity contribution in [3.05, 3.63) is 95.7 Å². The maximum atomic E-state index is 12.8. The summed E-state index contributed by atoms with van der Waals surface area (Å²) < 4.78 is 38.4. The summed E-state index contributed by atoms with van der Waals surface area (Å²) in [5.74, 6) is -0.259. The molecule has 0 saturated heterocycles. The lowest BCUT2D eigenvalue weighted by atomic mass is 9.98. The lowest BCUT2D eigenvalue weighted by molar-refractivity contribution is -0.137. The Hall–Kier alpha value is -3.54. The number of rotatable bonds is 5. The van der Waals surface area contributed by atoms with Crippen molar-refractivity contribution in [2.24, 2.45) is 0 Å². The molecule has 1 aromatic heterocycles. The van der Waals surface area contributed by atoms with Gasteiger partial charge in [-0.2, -0.15) is 13.2 Å². The molecule has 4 rings (SSSR count). The molecular weight excluding hydrogens is 389 g/mol. The highest BCUT2D eigenvalue weighted by molar-refractivity contribution is 6.00. The Kier molecular flexibility index (Phi) is 5.31. The van der Waals surface area contributed by atoms with E-state index in [2.05, 4.69) is 10.3 Å². The monoisotopic (exact) mass is 408 g/mol. The lowest BCUT2D eigenvalue weighted by Gasteiger charge is -2.12. The van der Waals surface area contributed by atoms with Crippen LogP contribution in [0.4, 0.5) is 13.2 Å². The van der Waals surface area contributed by atoms with Crippen LogP contribution in [0, 0.1) is 0 Å². The third-order valence-electron chi connectivity index (χ3n) is 5.05. The number of carbonyl (C=O) groups excluding carboxylic acids is 1. The van der Waals surface area contributed by atoms with Gasteiger partial charge in [-0.1, -0.05) is 48.5 Å². The van der Waals surface area contributed by atoms with Gasteiger partial charge >= 0.3 is 6.18 Å². The zero-order valence-electron chi connectivity index (χ0n) is 16.0. The van der Waals surface area contributed by atoms with Gasteiger partial charge in [-0.3, -0.25) is 4.79 Å². The average Bonchev–Trinajstić information content (AvgIpc) is 3.16. The zero-order chi connectivity index (χ0) is 21.1. The number of benzene rings is 3. The van der Waals surface area contributed by atoms with Crippen molar-refractivity contribution in [3.8, 4) is 11.1 Å². The maximum absolute atomic E-state index is 12.8. The number of fused-ring (bicyclic) bond motifs is 1. The minimum absolute atomic E-state index is 0.259. The Morgan fingerprint density at radius 3 is 2.37 bits per heavy atom. The van der Waals surface area contributed by atoms with Gasteiger partial charge in [-0.15, -0.1) is 0 Å². The molecule has 0 aliphatic rings. The second-order valence-electron chi connectivity index (χ2n) is 6.99. The van der Waals surface area contributed by atoms with Gasteiger partial charge in [0.1, 0.15) is 0 Å². The van der Waals surface area contributed by atoms with Crippen LogP contribution in [-0.2, 0) is 12.6 Å². The predicted molar refractivity (Wildman–Crippen MR) is 111 cm³/mol. The Morgan fingerprint density at radius 2 is 1.60 bits per heavy atom. The van der Waals surface area contributed by atoms with Crippen LogP contribution >= 0.6 is 0 Å². The highest BCUT2D eigenvalue weighted by Gasteiger charge is 2.30. The molecule has 4 aromatic rings. The van der Waals surface area contributed by atoms with E-state index in [1.807, 2.05) is 30.5 Å². The molecule has 6 heteroatoms. The smallest absolute Gasteiger partial charge is 0.361 e. The number of aromatic nitrogens is 1. The summed E-state index contributed by atoms with van der Waals surface area (Å²) >= 11 is 0. The SMILES string of the molecule is O=C(NCCc1c[nH]c2ccccc12)c1ccccc1-c1ccc(C(F)(F)F)cc1. The molecule has 0 aliphatic carbocycles. The standard InChI is InChI=1S/C24H19F3N2O/c25-24(26,27)18-11-9-16(10-12-18)19-5-1-2-7-21(19)23(30)28-14-13-17-15-29-22-8-4-3-6-20(17)22/h1-12,15,29H,13-14H2,(H,28,30). The molecule has 0 saturated carbocycles. The Bertz CT molecular complexity index is 1180. The molecule has 0 radical (unpaired) electrons. The molecule has 1 heterocycles. The summed E-state index contributed by atoms with van der Waals surface area (Å²) in [6.07, 6.45) is -1.79. The number of amides is 1. The average molecular weight is 408 g/mol. The highest BCUT2D eigenvalue weighted by atomic mass is 19.4. The van der Waals surface area contributed by atoms with Crippen molar-refractivity contribution < 1.29 is 18.0 Å². The van der Waals surface area contributed by atoms with Gasteiger partial charge in [0.2, 0.25) is 0 Å². The molecular formula is C24H19F3N2O. The predicted octanol–water partition coefficient (Wildman–Crippen LogP) is 5.83. The van der Waals surface area contributed by atoms with Crippen LogP contribution in [0.1, 0.15) is 21.5 Å². The molecule has 0 spiro atoms. The quantitative estimate of drug-likeness (QED) is 0.429. The van der Waals surface area contributed by atoms with Crippen molar-refractivity contribution in [2.45, 2.75) is 12.6 Å². The molecule has 0 atom stereocenters. The van der Waals surface area contributed by atoms with Crippen LogP contribution in [0.15, 0.2) is 79.0 Å². The topological polar surface area (TPSA) is 44.9 Å². The minimum Gasteiger partial charge on any atom is -0.361 e. The molecule has 3 nitrogen and oxygen atoms in total. The number of nitrogens with one attached hydrogen (secondary N) is 2. The van der Waals surface area contributed by atoms with Crippen LogP contribution in [0.5, 0.6) is 0 Å². The number of H-pyrrole nitrogens is 1. The molecule has 0 unspecified atom stereocenters. The molecule has 0 fully saturated rings. The molecule has 1 amide bonds. The van der Waals surface area contributed by atoms with Crippen LogP contribution in [-0.4, -0.2) is 17.4 Å². The third kappa shape index (κ3) is 4.08. The van der Waals surface area contributed by atoms with E-state index in [9.17, 15) is 18.0 Å². The Balaban J connectivity index is 1.48. The lowest BCUT2D eigenvalue weighted by Crippen LogP contribution is -2.26. The van der Waals surface area contributed by atoms with E-state index in [-0.39, 0.29) is 5.91 Å². The van der Waals surface area contributed by atoms with Crippen LogP contribution in [0.25, 0.3) is 22.0 Å². The summed E-state index contributed by atoms with van der Waals surface area (Å²) in [6, 6.07) is 19.7. The van der Waals surface area contributed by atoms with Gasteiger partial charge < -0.3 is 10.3 Å². The fourth-order valence-electron chi connectivity index (χ4n) is 3.52. The van der Waals surface area contributed by atoms with E-state index >= 15 is 0 Å². The van der Waals surface area contributed by atoms with Crippen molar-refractivity contribution in [1.82, 2.24) is 10.3 Å².